The molecular formula is C17H17ClO. The highest BCUT2D eigenvalue weighted by molar-refractivity contribution is 6.31. The number of hydrogen-bond donors (Lipinski definition) is 1. The van der Waals surface area contributed by atoms with E-state index in [0.717, 1.165) is 29.0 Å². The van der Waals surface area contributed by atoms with Crippen LogP contribution in [0, 0.1) is 12.8 Å². The zero-order chi connectivity index (χ0) is 13.4. The zero-order valence-electron chi connectivity index (χ0n) is 10.9. The smallest absolute Gasteiger partial charge is 0.0827 e. The standard InChI is InChI=1S/C17H17ClO/c1-11-6-7-13(16(18)8-11)10-14-9-12-4-2-3-5-15(12)17(14)19/h2-8,14,17,19H,9-10H2,1H3. The van der Waals surface area contributed by atoms with Gasteiger partial charge in [-0.15, -0.1) is 0 Å². The second-order valence-corrected chi connectivity index (χ2v) is 5.81. The Morgan fingerprint density at radius 1 is 1.21 bits per heavy atom. The van der Waals surface area contributed by atoms with E-state index in [1.807, 2.05) is 31.2 Å². The lowest BCUT2D eigenvalue weighted by molar-refractivity contribution is 0.123. The summed E-state index contributed by atoms with van der Waals surface area (Å²) in [5, 5.41) is 11.2. The Morgan fingerprint density at radius 3 is 2.74 bits per heavy atom. The van der Waals surface area contributed by atoms with Gasteiger partial charge in [-0.3, -0.25) is 0 Å². The van der Waals surface area contributed by atoms with Gasteiger partial charge in [-0.05, 0) is 54.0 Å². The molecule has 2 aromatic rings. The summed E-state index contributed by atoms with van der Waals surface area (Å²) < 4.78 is 0. The normalized spacial score (nSPS) is 21.4. The Labute approximate surface area is 118 Å². The molecule has 0 heterocycles. The van der Waals surface area contributed by atoms with Crippen molar-refractivity contribution < 1.29 is 5.11 Å². The van der Waals surface area contributed by atoms with Crippen molar-refractivity contribution in [3.63, 3.8) is 0 Å². The van der Waals surface area contributed by atoms with E-state index in [9.17, 15) is 5.11 Å². The fourth-order valence-electron chi connectivity index (χ4n) is 2.94. The van der Waals surface area contributed by atoms with Gasteiger partial charge < -0.3 is 5.11 Å². The molecule has 1 N–H and O–H groups in total. The Balaban J connectivity index is 1.83. The van der Waals surface area contributed by atoms with E-state index in [1.54, 1.807) is 0 Å². The summed E-state index contributed by atoms with van der Waals surface area (Å²) in [5.41, 5.74) is 4.65. The number of aliphatic hydroxyl groups excluding tert-OH is 1. The van der Waals surface area contributed by atoms with Gasteiger partial charge in [0.1, 0.15) is 0 Å². The van der Waals surface area contributed by atoms with Crippen LogP contribution in [0.3, 0.4) is 0 Å². The SMILES string of the molecule is Cc1ccc(CC2Cc3ccccc3C2O)c(Cl)c1. The molecule has 1 aliphatic rings. The van der Waals surface area contributed by atoms with Crippen LogP contribution >= 0.6 is 11.6 Å². The first-order chi connectivity index (χ1) is 9.15. The third kappa shape index (κ3) is 2.41. The van der Waals surface area contributed by atoms with Crippen molar-refractivity contribution in [2.24, 2.45) is 5.92 Å². The van der Waals surface area contributed by atoms with Crippen molar-refractivity contribution in [3.05, 3.63) is 69.7 Å². The van der Waals surface area contributed by atoms with E-state index in [2.05, 4.69) is 18.2 Å². The van der Waals surface area contributed by atoms with Gasteiger partial charge in [0.2, 0.25) is 0 Å². The van der Waals surface area contributed by atoms with Crippen LogP contribution in [0.4, 0.5) is 0 Å². The molecule has 0 aromatic heterocycles. The van der Waals surface area contributed by atoms with Crippen LogP contribution in [-0.2, 0) is 12.8 Å². The third-order valence-electron chi connectivity index (χ3n) is 3.99. The molecule has 0 radical (unpaired) electrons. The predicted molar refractivity (Wildman–Crippen MR) is 78.5 cm³/mol. The lowest BCUT2D eigenvalue weighted by atomic mass is 9.94. The minimum Gasteiger partial charge on any atom is -0.388 e. The van der Waals surface area contributed by atoms with Crippen molar-refractivity contribution in [2.45, 2.75) is 25.9 Å². The Morgan fingerprint density at radius 2 is 2.00 bits per heavy atom. The second kappa shape index (κ2) is 4.99. The summed E-state index contributed by atoms with van der Waals surface area (Å²) >= 11 is 6.29. The van der Waals surface area contributed by atoms with Crippen LogP contribution in [0.1, 0.15) is 28.4 Å². The van der Waals surface area contributed by atoms with Crippen molar-refractivity contribution in [3.8, 4) is 0 Å². The van der Waals surface area contributed by atoms with E-state index in [4.69, 9.17) is 11.6 Å². The average molecular weight is 273 g/mol. The van der Waals surface area contributed by atoms with Crippen LogP contribution < -0.4 is 0 Å². The van der Waals surface area contributed by atoms with Crippen molar-refractivity contribution in [1.29, 1.82) is 0 Å². The number of rotatable bonds is 2. The average Bonchev–Trinajstić information content (AvgIpc) is 2.70. The maximum absolute atomic E-state index is 10.4. The molecule has 1 nitrogen and oxygen atoms in total. The highest BCUT2D eigenvalue weighted by Crippen LogP contribution is 2.38. The van der Waals surface area contributed by atoms with Gasteiger partial charge in [-0.25, -0.2) is 0 Å². The maximum atomic E-state index is 10.4. The van der Waals surface area contributed by atoms with Crippen LogP contribution in [0.5, 0.6) is 0 Å². The summed E-state index contributed by atoms with van der Waals surface area (Å²) in [4.78, 5) is 0. The maximum Gasteiger partial charge on any atom is 0.0827 e. The molecule has 3 rings (SSSR count). The fraction of sp³-hybridized carbons (Fsp3) is 0.294. The first kappa shape index (κ1) is 12.7. The van der Waals surface area contributed by atoms with Gasteiger partial charge in [-0.2, -0.15) is 0 Å². The monoisotopic (exact) mass is 272 g/mol. The molecule has 2 atom stereocenters. The number of halogens is 1. The van der Waals surface area contributed by atoms with E-state index >= 15 is 0 Å². The number of benzene rings is 2. The zero-order valence-corrected chi connectivity index (χ0v) is 11.7. The number of fused-ring (bicyclic) bond motifs is 1. The molecule has 0 aliphatic heterocycles. The van der Waals surface area contributed by atoms with E-state index < -0.39 is 0 Å². The fourth-order valence-corrected chi connectivity index (χ4v) is 3.25. The molecule has 0 saturated carbocycles. The second-order valence-electron chi connectivity index (χ2n) is 5.41. The highest BCUT2D eigenvalue weighted by Gasteiger charge is 2.30. The van der Waals surface area contributed by atoms with E-state index in [1.165, 1.54) is 11.1 Å². The van der Waals surface area contributed by atoms with Gasteiger partial charge >= 0.3 is 0 Å². The summed E-state index contributed by atoms with van der Waals surface area (Å²) in [6.07, 6.45) is 1.39. The summed E-state index contributed by atoms with van der Waals surface area (Å²) in [6.45, 7) is 2.04. The molecule has 0 fully saturated rings. The molecule has 1 aliphatic carbocycles. The van der Waals surface area contributed by atoms with Crippen molar-refractivity contribution in [1.82, 2.24) is 0 Å². The van der Waals surface area contributed by atoms with Crippen molar-refractivity contribution >= 4 is 11.6 Å². The molecule has 2 heteroatoms. The molecule has 19 heavy (non-hydrogen) atoms. The Kier molecular flexibility index (Phi) is 3.34. The van der Waals surface area contributed by atoms with Crippen LogP contribution in [-0.4, -0.2) is 5.11 Å². The van der Waals surface area contributed by atoms with Crippen LogP contribution in [0.15, 0.2) is 42.5 Å². The number of hydrogen-bond acceptors (Lipinski definition) is 1. The molecule has 0 saturated heterocycles. The van der Waals surface area contributed by atoms with Gasteiger partial charge in [0.25, 0.3) is 0 Å². The first-order valence-electron chi connectivity index (χ1n) is 6.66. The minimum absolute atomic E-state index is 0.234. The predicted octanol–water partition coefficient (Wildman–Crippen LogP) is 4.10. The molecular weight excluding hydrogens is 256 g/mol. The lowest BCUT2D eigenvalue weighted by Gasteiger charge is -2.16. The van der Waals surface area contributed by atoms with Gasteiger partial charge in [0.15, 0.2) is 0 Å². The lowest BCUT2D eigenvalue weighted by Crippen LogP contribution is -2.10. The summed E-state index contributed by atoms with van der Waals surface area (Å²) in [7, 11) is 0. The Bertz CT molecular complexity index is 606. The molecule has 0 bridgehead atoms. The first-order valence-corrected chi connectivity index (χ1v) is 7.04. The van der Waals surface area contributed by atoms with Crippen molar-refractivity contribution in [2.75, 3.05) is 0 Å². The third-order valence-corrected chi connectivity index (χ3v) is 4.34. The van der Waals surface area contributed by atoms with Crippen LogP contribution in [0.2, 0.25) is 5.02 Å². The molecule has 0 amide bonds. The minimum atomic E-state index is -0.367. The quantitative estimate of drug-likeness (QED) is 0.873. The molecule has 2 unspecified atom stereocenters. The summed E-state index contributed by atoms with van der Waals surface area (Å²) in [5.74, 6) is 0.234. The van der Waals surface area contributed by atoms with Gasteiger partial charge in [-0.1, -0.05) is 48.0 Å². The Hall–Kier alpha value is -1.31. The molecule has 98 valence electrons. The highest BCUT2D eigenvalue weighted by atomic mass is 35.5. The molecule has 0 spiro atoms. The molecule has 2 aromatic carbocycles. The van der Waals surface area contributed by atoms with Gasteiger partial charge in [0.05, 0.1) is 6.10 Å². The van der Waals surface area contributed by atoms with E-state index in [-0.39, 0.29) is 12.0 Å². The van der Waals surface area contributed by atoms with Crippen LogP contribution in [0.25, 0.3) is 0 Å². The number of aliphatic hydroxyl groups is 1. The van der Waals surface area contributed by atoms with E-state index in [0.29, 0.717) is 0 Å². The summed E-state index contributed by atoms with van der Waals surface area (Å²) in [6, 6.07) is 14.3. The topological polar surface area (TPSA) is 20.2 Å². The number of aryl methyl sites for hydroxylation is 1. The van der Waals surface area contributed by atoms with Gasteiger partial charge in [0, 0.05) is 5.02 Å². The largest absolute Gasteiger partial charge is 0.388 e.